The van der Waals surface area contributed by atoms with Crippen LogP contribution in [0.1, 0.15) is 43.0 Å². The third-order valence-corrected chi connectivity index (χ3v) is 6.70. The van der Waals surface area contributed by atoms with Crippen LogP contribution in [0.2, 0.25) is 0 Å². The molecule has 0 bridgehead atoms. The Morgan fingerprint density at radius 2 is 1.91 bits per heavy atom. The second kappa shape index (κ2) is 7.46. The fourth-order valence-corrected chi connectivity index (χ4v) is 4.80. The molecular formula is C22H22BN7O3. The monoisotopic (exact) mass is 443 g/mol. The minimum atomic E-state index is -0.605. The van der Waals surface area contributed by atoms with Gasteiger partial charge in [-0.25, -0.2) is 9.97 Å². The van der Waals surface area contributed by atoms with Crippen LogP contribution in [0.15, 0.2) is 24.7 Å². The highest BCUT2D eigenvalue weighted by molar-refractivity contribution is 6.15. The van der Waals surface area contributed by atoms with Crippen LogP contribution < -0.4 is 5.23 Å². The first-order chi connectivity index (χ1) is 15.7. The van der Waals surface area contributed by atoms with E-state index in [0.717, 1.165) is 6.42 Å². The van der Waals surface area contributed by atoms with Crippen LogP contribution in [-0.4, -0.2) is 67.3 Å². The molecule has 33 heavy (non-hydrogen) atoms. The zero-order chi connectivity index (χ0) is 23.5. The number of hydrogen-bond donors (Lipinski definition) is 1. The van der Waals surface area contributed by atoms with E-state index in [0.29, 0.717) is 34.4 Å². The predicted molar refractivity (Wildman–Crippen MR) is 119 cm³/mol. The number of carbonyl (C=O) groups excluding carboxylic acids is 3. The molecule has 10 nitrogen and oxygen atoms in total. The molecule has 11 heteroatoms. The Bertz CT molecular complexity index is 1310. The van der Waals surface area contributed by atoms with E-state index in [1.165, 1.54) is 11.6 Å². The topological polar surface area (TPSA) is 123 Å². The number of ketones is 1. The van der Waals surface area contributed by atoms with Gasteiger partial charge in [0, 0.05) is 36.3 Å². The molecule has 1 N–H and O–H groups in total. The number of aromatic nitrogens is 5. The summed E-state index contributed by atoms with van der Waals surface area (Å²) in [6, 6.07) is 1.16. The number of fused-ring (bicyclic) bond motifs is 2. The Morgan fingerprint density at radius 1 is 1.18 bits per heavy atom. The summed E-state index contributed by atoms with van der Waals surface area (Å²) in [4.78, 5) is 52.4. The van der Waals surface area contributed by atoms with Gasteiger partial charge in [0.25, 0.3) is 0 Å². The number of Topliss-reactive ketones (excluding diaryl/α,β-unsaturated/α-hetero) is 1. The van der Waals surface area contributed by atoms with Gasteiger partial charge in [-0.05, 0) is 31.2 Å². The van der Waals surface area contributed by atoms with E-state index >= 15 is 0 Å². The maximum atomic E-state index is 13.3. The SMILES string of the molecule is [B]NC(=O)C1CC2(C)CC2N1C(=O)Cn1nc(C(C)=O)c2cc(-c3cnc(C)nc3)ncc21. The number of nitrogens with zero attached hydrogens (tertiary/aromatic N) is 6. The van der Waals surface area contributed by atoms with Gasteiger partial charge in [-0.15, -0.1) is 0 Å². The fourth-order valence-electron chi connectivity index (χ4n) is 4.80. The van der Waals surface area contributed by atoms with E-state index in [9.17, 15) is 14.4 Å². The van der Waals surface area contributed by atoms with Crippen LogP contribution in [0.25, 0.3) is 22.2 Å². The largest absolute Gasteiger partial charge is 0.407 e. The van der Waals surface area contributed by atoms with Gasteiger partial charge in [0.2, 0.25) is 19.8 Å². The van der Waals surface area contributed by atoms with Crippen molar-refractivity contribution in [1.29, 1.82) is 0 Å². The first kappa shape index (κ1) is 21.2. The third-order valence-electron chi connectivity index (χ3n) is 6.70. The van der Waals surface area contributed by atoms with Gasteiger partial charge < -0.3 is 10.1 Å². The summed E-state index contributed by atoms with van der Waals surface area (Å²) in [6.07, 6.45) is 6.36. The van der Waals surface area contributed by atoms with Crippen molar-refractivity contribution in [3.05, 3.63) is 36.2 Å². The molecule has 1 saturated heterocycles. The molecule has 1 aliphatic carbocycles. The second-order valence-electron chi connectivity index (χ2n) is 9.07. The molecule has 0 aromatic carbocycles. The number of piperidine rings is 1. The first-order valence-corrected chi connectivity index (χ1v) is 10.7. The molecular weight excluding hydrogens is 421 g/mol. The lowest BCUT2D eigenvalue weighted by Gasteiger charge is -2.26. The molecule has 1 saturated carbocycles. The Labute approximate surface area is 191 Å². The summed E-state index contributed by atoms with van der Waals surface area (Å²) in [6.45, 7) is 5.18. The smallest absolute Gasteiger partial charge is 0.245 e. The average Bonchev–Trinajstić information content (AvgIpc) is 3.16. The van der Waals surface area contributed by atoms with Crippen molar-refractivity contribution in [1.82, 2.24) is 34.9 Å². The van der Waals surface area contributed by atoms with Gasteiger partial charge in [0.05, 0.1) is 17.4 Å². The second-order valence-corrected chi connectivity index (χ2v) is 9.07. The summed E-state index contributed by atoms with van der Waals surface area (Å²) < 4.78 is 1.48. The van der Waals surface area contributed by atoms with Gasteiger partial charge >= 0.3 is 0 Å². The molecule has 3 aromatic heterocycles. The van der Waals surface area contributed by atoms with E-state index in [1.807, 2.05) is 0 Å². The number of likely N-dealkylation sites (tertiary alicyclic amines) is 1. The number of amides is 2. The summed E-state index contributed by atoms with van der Waals surface area (Å²) in [7, 11) is 5.34. The van der Waals surface area contributed by atoms with Crippen LogP contribution in [0, 0.1) is 12.3 Å². The number of rotatable bonds is 5. The predicted octanol–water partition coefficient (Wildman–Crippen LogP) is 0.979. The standard InChI is InChI=1S/C22H22BN7O3/c1-11(31)20-14-4-15(13-7-24-12(2)25-8-13)26-9-17(14)29(28-20)10-19(32)30-16(21(33)27-23)5-22(3)6-18(22)30/h4,7-9,16,18H,5-6,10H2,1-3H3,(H,27,33). The van der Waals surface area contributed by atoms with Crippen molar-refractivity contribution in [2.75, 3.05) is 0 Å². The van der Waals surface area contributed by atoms with Gasteiger partial charge in [-0.1, -0.05) is 6.92 Å². The minimum Gasteiger partial charge on any atom is -0.407 e. The average molecular weight is 443 g/mol. The molecule has 2 fully saturated rings. The van der Waals surface area contributed by atoms with Gasteiger partial charge in [0.1, 0.15) is 24.1 Å². The molecule has 0 spiro atoms. The third kappa shape index (κ3) is 3.47. The molecule has 5 rings (SSSR count). The van der Waals surface area contributed by atoms with E-state index < -0.39 is 6.04 Å². The molecule has 2 amide bonds. The summed E-state index contributed by atoms with van der Waals surface area (Å²) in [5.41, 5.74) is 2.06. The molecule has 3 atom stereocenters. The van der Waals surface area contributed by atoms with Crippen molar-refractivity contribution >= 4 is 36.5 Å². The maximum Gasteiger partial charge on any atom is 0.245 e. The Kier molecular flexibility index (Phi) is 4.80. The van der Waals surface area contributed by atoms with Crippen molar-refractivity contribution in [2.45, 2.75) is 52.2 Å². The van der Waals surface area contributed by atoms with Crippen LogP contribution in [0.5, 0.6) is 0 Å². The van der Waals surface area contributed by atoms with Gasteiger partial charge in [0.15, 0.2) is 5.78 Å². The summed E-state index contributed by atoms with van der Waals surface area (Å²) >= 11 is 0. The quantitative estimate of drug-likeness (QED) is 0.461. The molecule has 3 aromatic rings. The normalized spacial score (nSPS) is 23.4. The van der Waals surface area contributed by atoms with Gasteiger partial charge in [-0.2, -0.15) is 5.10 Å². The Hall–Kier alpha value is -3.63. The van der Waals surface area contributed by atoms with E-state index in [1.54, 1.807) is 36.5 Å². The zero-order valence-electron chi connectivity index (χ0n) is 18.6. The highest BCUT2D eigenvalue weighted by Gasteiger charge is 2.64. The number of aryl methyl sites for hydroxylation is 1. The van der Waals surface area contributed by atoms with E-state index in [2.05, 4.69) is 32.2 Å². The highest BCUT2D eigenvalue weighted by atomic mass is 16.2. The Morgan fingerprint density at radius 3 is 2.58 bits per heavy atom. The molecule has 4 heterocycles. The van der Waals surface area contributed by atoms with E-state index in [4.69, 9.17) is 7.98 Å². The molecule has 3 unspecified atom stereocenters. The van der Waals surface area contributed by atoms with Crippen molar-refractivity contribution in [2.24, 2.45) is 5.41 Å². The van der Waals surface area contributed by atoms with Crippen LogP contribution in [0.3, 0.4) is 0 Å². The highest BCUT2D eigenvalue weighted by Crippen LogP contribution is 2.59. The fraction of sp³-hybridized carbons (Fsp3) is 0.409. The van der Waals surface area contributed by atoms with Crippen molar-refractivity contribution < 1.29 is 14.4 Å². The van der Waals surface area contributed by atoms with Gasteiger partial charge in [-0.3, -0.25) is 24.0 Å². The minimum absolute atomic E-state index is 0.00710. The number of nitrogens with one attached hydrogen (secondary N) is 1. The molecule has 2 radical (unpaired) electrons. The van der Waals surface area contributed by atoms with Crippen LogP contribution in [-0.2, 0) is 16.1 Å². The lowest BCUT2D eigenvalue weighted by molar-refractivity contribution is -0.139. The van der Waals surface area contributed by atoms with Crippen molar-refractivity contribution in [3.8, 4) is 11.3 Å². The molecule has 1 aliphatic heterocycles. The van der Waals surface area contributed by atoms with Crippen LogP contribution >= 0.6 is 0 Å². The first-order valence-electron chi connectivity index (χ1n) is 10.7. The zero-order valence-corrected chi connectivity index (χ0v) is 18.6. The number of carbonyl (C=O) groups is 3. The summed E-state index contributed by atoms with van der Waals surface area (Å²) in [5, 5.41) is 7.18. The van der Waals surface area contributed by atoms with Crippen LogP contribution in [0.4, 0.5) is 0 Å². The number of hydrogen-bond acceptors (Lipinski definition) is 7. The maximum absolute atomic E-state index is 13.3. The van der Waals surface area contributed by atoms with E-state index in [-0.39, 0.29) is 41.3 Å². The van der Waals surface area contributed by atoms with Crippen molar-refractivity contribution in [3.63, 3.8) is 0 Å². The molecule has 166 valence electrons. The Balaban J connectivity index is 1.49. The lowest BCUT2D eigenvalue weighted by Crippen LogP contribution is -2.48. The lowest BCUT2D eigenvalue weighted by atomic mass is 10.0. The number of pyridine rings is 1. The summed E-state index contributed by atoms with van der Waals surface area (Å²) in [5.74, 6) is -0.200. The molecule has 2 aliphatic rings.